The van der Waals surface area contributed by atoms with E-state index in [0.717, 1.165) is 45.2 Å². The Balaban J connectivity index is 1.68. The van der Waals surface area contributed by atoms with Crippen molar-refractivity contribution in [2.45, 2.75) is 18.9 Å². The maximum Gasteiger partial charge on any atom is 0.232 e. The molecule has 1 atom stereocenters. The molecule has 1 N–H and O–H groups in total. The van der Waals surface area contributed by atoms with Crippen molar-refractivity contribution >= 4 is 0 Å². The second-order valence-electron chi connectivity index (χ2n) is 4.60. The lowest BCUT2D eigenvalue weighted by atomic mass is 10.0. The van der Waals surface area contributed by atoms with Crippen LogP contribution in [0, 0.1) is 0 Å². The summed E-state index contributed by atoms with van der Waals surface area (Å²) >= 11 is 0. The fourth-order valence-corrected chi connectivity index (χ4v) is 2.15. The number of morpholine rings is 1. The highest BCUT2D eigenvalue weighted by atomic mass is 16.5. The van der Waals surface area contributed by atoms with Gasteiger partial charge >= 0.3 is 0 Å². The topological polar surface area (TPSA) is 63.4 Å². The molecule has 1 aromatic rings. The molecular weight excluding hydrogens is 220 g/mol. The van der Waals surface area contributed by atoms with Gasteiger partial charge in [-0.2, -0.15) is 4.98 Å². The zero-order chi connectivity index (χ0) is 11.7. The normalized spacial score (nSPS) is 27.0. The largest absolute Gasteiger partial charge is 0.367 e. The molecule has 0 radical (unpaired) electrons. The Labute approximate surface area is 100 Å². The van der Waals surface area contributed by atoms with Crippen molar-refractivity contribution < 1.29 is 9.26 Å². The summed E-state index contributed by atoms with van der Waals surface area (Å²) in [5, 5.41) is 7.24. The molecule has 0 saturated carbocycles. The Morgan fingerprint density at radius 3 is 3.06 bits per heavy atom. The first-order valence-corrected chi connectivity index (χ1v) is 6.25. The highest BCUT2D eigenvalue weighted by Gasteiger charge is 2.29. The number of hydrogen-bond acceptors (Lipinski definition) is 6. The van der Waals surface area contributed by atoms with Gasteiger partial charge in [-0.15, -0.1) is 0 Å². The number of likely N-dealkylation sites (N-methyl/N-ethyl adjacent to an activating group) is 1. The van der Waals surface area contributed by atoms with Crippen molar-refractivity contribution in [1.29, 1.82) is 0 Å². The monoisotopic (exact) mass is 238 g/mol. The summed E-state index contributed by atoms with van der Waals surface area (Å²) < 4.78 is 11.0. The molecule has 2 saturated heterocycles. The minimum Gasteiger partial charge on any atom is -0.367 e. The summed E-state index contributed by atoms with van der Waals surface area (Å²) in [4.78, 5) is 6.80. The maximum atomic E-state index is 5.70. The third kappa shape index (κ3) is 2.20. The lowest BCUT2D eigenvalue weighted by Gasteiger charge is -2.30. The summed E-state index contributed by atoms with van der Waals surface area (Å²) in [6.45, 7) is 7.67. The molecule has 0 bridgehead atoms. The smallest absolute Gasteiger partial charge is 0.232 e. The zero-order valence-corrected chi connectivity index (χ0v) is 10.1. The van der Waals surface area contributed by atoms with Crippen LogP contribution in [0.25, 0.3) is 0 Å². The van der Waals surface area contributed by atoms with E-state index in [4.69, 9.17) is 9.26 Å². The van der Waals surface area contributed by atoms with Gasteiger partial charge in [-0.1, -0.05) is 12.1 Å². The van der Waals surface area contributed by atoms with Gasteiger partial charge in [0.05, 0.1) is 12.5 Å². The van der Waals surface area contributed by atoms with Crippen LogP contribution >= 0.6 is 0 Å². The van der Waals surface area contributed by atoms with E-state index in [1.165, 1.54) is 0 Å². The Bertz CT molecular complexity index is 377. The molecule has 0 amide bonds. The molecule has 2 aliphatic rings. The van der Waals surface area contributed by atoms with Crippen LogP contribution < -0.4 is 5.32 Å². The molecule has 94 valence electrons. The summed E-state index contributed by atoms with van der Waals surface area (Å²) in [6.07, 6.45) is -0.0331. The van der Waals surface area contributed by atoms with Crippen LogP contribution in [-0.4, -0.2) is 54.4 Å². The maximum absolute atomic E-state index is 5.70. The van der Waals surface area contributed by atoms with Crippen molar-refractivity contribution in [3.05, 3.63) is 11.7 Å². The molecule has 0 aliphatic carbocycles. The van der Waals surface area contributed by atoms with Gasteiger partial charge in [0.1, 0.15) is 6.10 Å². The van der Waals surface area contributed by atoms with Crippen LogP contribution in [0.5, 0.6) is 0 Å². The quantitative estimate of drug-likeness (QED) is 0.808. The number of hydrogen-bond donors (Lipinski definition) is 1. The fraction of sp³-hybridized carbons (Fsp3) is 0.818. The van der Waals surface area contributed by atoms with Crippen LogP contribution in [0.4, 0.5) is 0 Å². The average Bonchev–Trinajstić information content (AvgIpc) is 2.76. The summed E-state index contributed by atoms with van der Waals surface area (Å²) in [5.41, 5.74) is 0. The molecule has 6 nitrogen and oxygen atoms in total. The van der Waals surface area contributed by atoms with E-state index in [2.05, 4.69) is 27.3 Å². The van der Waals surface area contributed by atoms with Gasteiger partial charge in [-0.05, 0) is 6.54 Å². The molecule has 3 rings (SSSR count). The van der Waals surface area contributed by atoms with Crippen molar-refractivity contribution in [2.75, 3.05) is 39.3 Å². The SMILES string of the molecule is CCN1CCOC(c2noc(C3CNC3)n2)C1. The summed E-state index contributed by atoms with van der Waals surface area (Å²) in [5.74, 6) is 1.84. The fourth-order valence-electron chi connectivity index (χ4n) is 2.15. The molecule has 1 aromatic heterocycles. The minimum absolute atomic E-state index is 0.0331. The van der Waals surface area contributed by atoms with E-state index in [0.29, 0.717) is 11.7 Å². The van der Waals surface area contributed by atoms with Crippen LogP contribution in [0.15, 0.2) is 4.52 Å². The lowest BCUT2D eigenvalue weighted by Crippen LogP contribution is -2.40. The number of aromatic nitrogens is 2. The van der Waals surface area contributed by atoms with Gasteiger partial charge in [0.2, 0.25) is 11.7 Å². The van der Waals surface area contributed by atoms with Crippen molar-refractivity contribution in [3.8, 4) is 0 Å². The highest BCUT2D eigenvalue weighted by Crippen LogP contribution is 2.23. The highest BCUT2D eigenvalue weighted by molar-refractivity contribution is 5.03. The Morgan fingerprint density at radius 1 is 1.47 bits per heavy atom. The van der Waals surface area contributed by atoms with Crippen LogP contribution in [0.3, 0.4) is 0 Å². The second kappa shape index (κ2) is 4.72. The van der Waals surface area contributed by atoms with E-state index in [1.54, 1.807) is 0 Å². The van der Waals surface area contributed by atoms with Crippen molar-refractivity contribution in [1.82, 2.24) is 20.4 Å². The molecular formula is C11H18N4O2. The minimum atomic E-state index is -0.0331. The molecule has 0 aromatic carbocycles. The Morgan fingerprint density at radius 2 is 2.35 bits per heavy atom. The average molecular weight is 238 g/mol. The first kappa shape index (κ1) is 11.1. The third-order valence-electron chi connectivity index (χ3n) is 3.47. The third-order valence-corrected chi connectivity index (χ3v) is 3.47. The molecule has 6 heteroatoms. The van der Waals surface area contributed by atoms with E-state index in [1.807, 2.05) is 0 Å². The zero-order valence-electron chi connectivity index (χ0n) is 10.1. The summed E-state index contributed by atoms with van der Waals surface area (Å²) in [7, 11) is 0. The van der Waals surface area contributed by atoms with Crippen LogP contribution in [0.2, 0.25) is 0 Å². The van der Waals surface area contributed by atoms with E-state index in [-0.39, 0.29) is 6.10 Å². The van der Waals surface area contributed by atoms with Gasteiger partial charge in [0.15, 0.2) is 0 Å². The predicted molar refractivity (Wildman–Crippen MR) is 60.7 cm³/mol. The Hall–Kier alpha value is -0.980. The predicted octanol–water partition coefficient (Wildman–Crippen LogP) is 0.150. The van der Waals surface area contributed by atoms with Crippen LogP contribution in [0.1, 0.15) is 30.7 Å². The van der Waals surface area contributed by atoms with E-state index >= 15 is 0 Å². The lowest BCUT2D eigenvalue weighted by molar-refractivity contribution is -0.0334. The van der Waals surface area contributed by atoms with Gasteiger partial charge in [-0.3, -0.25) is 4.90 Å². The van der Waals surface area contributed by atoms with Gasteiger partial charge < -0.3 is 14.6 Å². The Kier molecular flexibility index (Phi) is 3.09. The number of rotatable bonds is 3. The van der Waals surface area contributed by atoms with Gasteiger partial charge in [-0.25, -0.2) is 0 Å². The molecule has 2 aliphatic heterocycles. The van der Waals surface area contributed by atoms with E-state index in [9.17, 15) is 0 Å². The second-order valence-corrected chi connectivity index (χ2v) is 4.60. The number of nitrogens with one attached hydrogen (secondary N) is 1. The molecule has 2 fully saturated rings. The number of nitrogens with zero attached hydrogens (tertiary/aromatic N) is 3. The van der Waals surface area contributed by atoms with E-state index < -0.39 is 0 Å². The summed E-state index contributed by atoms with van der Waals surface area (Å²) in [6, 6.07) is 0. The van der Waals surface area contributed by atoms with Gasteiger partial charge in [0.25, 0.3) is 0 Å². The van der Waals surface area contributed by atoms with Crippen LogP contribution in [-0.2, 0) is 4.74 Å². The van der Waals surface area contributed by atoms with Crippen molar-refractivity contribution in [3.63, 3.8) is 0 Å². The van der Waals surface area contributed by atoms with Gasteiger partial charge in [0, 0.05) is 26.2 Å². The first-order chi connectivity index (χ1) is 8.36. The standard InChI is InChI=1S/C11H18N4O2/c1-2-15-3-4-16-9(7-15)10-13-11(17-14-10)8-5-12-6-8/h8-9,12H,2-7H2,1H3. The first-order valence-electron chi connectivity index (χ1n) is 6.25. The molecule has 1 unspecified atom stereocenters. The van der Waals surface area contributed by atoms with Crippen molar-refractivity contribution in [2.24, 2.45) is 0 Å². The number of ether oxygens (including phenoxy) is 1. The molecule has 17 heavy (non-hydrogen) atoms. The molecule has 3 heterocycles. The molecule has 0 spiro atoms.